The first-order chi connectivity index (χ1) is 14.1. The highest BCUT2D eigenvalue weighted by Gasteiger charge is 2.60. The highest BCUT2D eigenvalue weighted by Crippen LogP contribution is 2.42. The highest BCUT2D eigenvalue weighted by molar-refractivity contribution is 5.73. The molecule has 0 saturated carbocycles. The van der Waals surface area contributed by atoms with Crippen LogP contribution in [-0.2, 0) is 23.8 Å². The van der Waals surface area contributed by atoms with E-state index in [2.05, 4.69) is 15.0 Å². The number of aliphatic hydroxyl groups excluding tert-OH is 1. The summed E-state index contributed by atoms with van der Waals surface area (Å²) in [5.74, 6) is -2.63. The van der Waals surface area contributed by atoms with Crippen molar-refractivity contribution in [2.45, 2.75) is 51.9 Å². The number of aliphatic hydroxyl groups is 1. The summed E-state index contributed by atoms with van der Waals surface area (Å²) in [4.78, 5) is 43.2. The molecule has 164 valence electrons. The number of rotatable bonds is 7. The maximum atomic E-state index is 12.4. The first-order valence-corrected chi connectivity index (χ1v) is 9.17. The summed E-state index contributed by atoms with van der Waals surface area (Å²) in [6, 6.07) is 1.30. The topological polar surface area (TPSA) is 192 Å². The van der Waals surface area contributed by atoms with Crippen LogP contribution in [0.15, 0.2) is 22.2 Å². The quantitative estimate of drug-likeness (QED) is 0.271. The highest BCUT2D eigenvalue weighted by atomic mass is 16.7. The number of nitrogen functional groups attached to an aromatic ring is 1. The number of esters is 2. The number of hydrogen-bond donors (Lipinski definition) is 2. The van der Waals surface area contributed by atoms with Crippen LogP contribution < -0.4 is 11.4 Å². The average Bonchev–Trinajstić information content (AvgIpc) is 2.95. The van der Waals surface area contributed by atoms with Gasteiger partial charge in [0, 0.05) is 11.1 Å². The van der Waals surface area contributed by atoms with E-state index in [1.165, 1.54) is 12.3 Å². The number of carbonyl (C=O) groups excluding carboxylic acids is 2. The van der Waals surface area contributed by atoms with Gasteiger partial charge >= 0.3 is 17.6 Å². The van der Waals surface area contributed by atoms with E-state index in [1.54, 1.807) is 27.7 Å². The fourth-order valence-corrected chi connectivity index (χ4v) is 2.71. The Morgan fingerprint density at radius 1 is 1.37 bits per heavy atom. The van der Waals surface area contributed by atoms with Crippen LogP contribution >= 0.6 is 0 Å². The van der Waals surface area contributed by atoms with Gasteiger partial charge in [0.15, 0.2) is 18.4 Å². The van der Waals surface area contributed by atoms with Crippen LogP contribution in [0.1, 0.15) is 33.9 Å². The molecule has 1 fully saturated rings. The number of ether oxygens (including phenoxy) is 3. The van der Waals surface area contributed by atoms with Gasteiger partial charge in [0.05, 0.1) is 18.4 Å². The molecule has 0 bridgehead atoms. The zero-order chi connectivity index (χ0) is 22.6. The lowest BCUT2D eigenvalue weighted by molar-refractivity contribution is -0.177. The molecule has 1 saturated heterocycles. The number of anilines is 1. The number of nitrogens with zero attached hydrogens (tertiary/aromatic N) is 5. The minimum atomic E-state index is -2.15. The summed E-state index contributed by atoms with van der Waals surface area (Å²) in [7, 11) is 0. The van der Waals surface area contributed by atoms with Crippen LogP contribution in [0.4, 0.5) is 5.82 Å². The van der Waals surface area contributed by atoms with Gasteiger partial charge in [-0.1, -0.05) is 32.8 Å². The fourth-order valence-electron chi connectivity index (χ4n) is 2.71. The molecule has 0 spiro atoms. The predicted octanol–water partition coefficient (Wildman–Crippen LogP) is 0.489. The predicted molar refractivity (Wildman–Crippen MR) is 101 cm³/mol. The van der Waals surface area contributed by atoms with Crippen LogP contribution in [0.25, 0.3) is 10.4 Å². The normalized spacial score (nSPS) is 25.8. The first kappa shape index (κ1) is 23.1. The third-order valence-corrected chi connectivity index (χ3v) is 4.35. The Labute approximate surface area is 171 Å². The van der Waals surface area contributed by atoms with Crippen LogP contribution in [0, 0.1) is 11.8 Å². The van der Waals surface area contributed by atoms with Gasteiger partial charge in [-0.25, -0.2) is 4.79 Å². The van der Waals surface area contributed by atoms with Crippen LogP contribution in [0.2, 0.25) is 0 Å². The largest absolute Gasteiger partial charge is 0.455 e. The van der Waals surface area contributed by atoms with Crippen molar-refractivity contribution in [1.82, 2.24) is 9.55 Å². The molecule has 30 heavy (non-hydrogen) atoms. The molecule has 0 aromatic carbocycles. The van der Waals surface area contributed by atoms with Crippen molar-refractivity contribution in [2.24, 2.45) is 17.0 Å². The molecule has 0 radical (unpaired) electrons. The van der Waals surface area contributed by atoms with Crippen molar-refractivity contribution in [3.05, 3.63) is 33.2 Å². The smallest absolute Gasteiger partial charge is 0.351 e. The molecule has 0 aliphatic carbocycles. The third-order valence-electron chi connectivity index (χ3n) is 4.35. The summed E-state index contributed by atoms with van der Waals surface area (Å²) in [6.45, 7) is 5.36. The molecule has 4 atom stereocenters. The Morgan fingerprint density at radius 3 is 2.47 bits per heavy atom. The van der Waals surface area contributed by atoms with Gasteiger partial charge < -0.3 is 25.1 Å². The second-order valence-corrected chi connectivity index (χ2v) is 7.31. The lowest BCUT2D eigenvalue weighted by Crippen LogP contribution is -2.49. The van der Waals surface area contributed by atoms with E-state index >= 15 is 0 Å². The average molecular weight is 424 g/mol. The molecule has 1 aromatic rings. The van der Waals surface area contributed by atoms with Gasteiger partial charge in [0.2, 0.25) is 5.72 Å². The SMILES string of the molecule is CC(C)C(=O)O[C@H]1[C@@H](n2ccc(N)nc2=O)O[C@@](CO)(N=[N+]=[N-])[C@H]1OC(=O)C(C)C. The maximum Gasteiger partial charge on any atom is 0.351 e. The van der Waals surface area contributed by atoms with E-state index in [-0.39, 0.29) is 5.82 Å². The van der Waals surface area contributed by atoms with E-state index in [4.69, 9.17) is 25.5 Å². The number of azide groups is 1. The molecular formula is C17H24N6O7. The van der Waals surface area contributed by atoms with Crippen molar-refractivity contribution in [3.8, 4) is 0 Å². The maximum absolute atomic E-state index is 12.4. The number of nitrogens with two attached hydrogens (primary N) is 1. The molecule has 0 amide bonds. The lowest BCUT2D eigenvalue weighted by atomic mass is 10.0. The number of hydrogen-bond acceptors (Lipinski definition) is 10. The van der Waals surface area contributed by atoms with Gasteiger partial charge in [-0.05, 0) is 11.6 Å². The Bertz CT molecular complexity index is 910. The second kappa shape index (κ2) is 9.11. The molecule has 2 heterocycles. The standard InChI is InChI=1S/C17H24N6O7/c1-8(2)14(25)28-11-12(29-15(26)9(3)4)17(7-24,21-22-19)30-13(11)23-6-5-10(18)20-16(23)27/h5-6,8-9,11-13,24H,7H2,1-4H3,(H2,18,20,27)/t11-,12+,13+,17-/m1/s1. The third kappa shape index (κ3) is 4.53. The van der Waals surface area contributed by atoms with Gasteiger partial charge in [0.25, 0.3) is 0 Å². The lowest BCUT2D eigenvalue weighted by Gasteiger charge is -2.29. The van der Waals surface area contributed by atoms with Gasteiger partial charge in [-0.2, -0.15) is 4.98 Å². The molecule has 1 aromatic heterocycles. The summed E-state index contributed by atoms with van der Waals surface area (Å²) >= 11 is 0. The molecule has 1 aliphatic heterocycles. The van der Waals surface area contributed by atoms with Crippen LogP contribution in [-0.4, -0.2) is 51.1 Å². The minimum Gasteiger partial charge on any atom is -0.455 e. The van der Waals surface area contributed by atoms with Crippen molar-refractivity contribution in [2.75, 3.05) is 12.3 Å². The molecule has 1 aliphatic rings. The van der Waals surface area contributed by atoms with E-state index in [0.29, 0.717) is 0 Å². The summed E-state index contributed by atoms with van der Waals surface area (Å²) < 4.78 is 17.5. The fraction of sp³-hybridized carbons (Fsp3) is 0.647. The molecule has 13 nitrogen and oxygen atoms in total. The summed E-state index contributed by atoms with van der Waals surface area (Å²) in [5.41, 5.74) is 11.5. The van der Waals surface area contributed by atoms with E-state index in [1.807, 2.05) is 0 Å². The number of aromatic nitrogens is 2. The molecule has 0 unspecified atom stereocenters. The van der Waals surface area contributed by atoms with Crippen molar-refractivity contribution in [3.63, 3.8) is 0 Å². The van der Waals surface area contributed by atoms with E-state index in [0.717, 1.165) is 4.57 Å². The van der Waals surface area contributed by atoms with Crippen molar-refractivity contribution in [1.29, 1.82) is 0 Å². The van der Waals surface area contributed by atoms with Crippen molar-refractivity contribution < 1.29 is 28.9 Å². The Hall–Kier alpha value is -3.15. The first-order valence-electron chi connectivity index (χ1n) is 9.17. The Kier molecular flexibility index (Phi) is 7.03. The Morgan fingerprint density at radius 2 is 1.97 bits per heavy atom. The summed E-state index contributed by atoms with van der Waals surface area (Å²) in [5, 5.41) is 13.4. The van der Waals surface area contributed by atoms with Crippen LogP contribution in [0.5, 0.6) is 0 Å². The van der Waals surface area contributed by atoms with Crippen LogP contribution in [0.3, 0.4) is 0 Å². The van der Waals surface area contributed by atoms with Crippen molar-refractivity contribution >= 4 is 17.8 Å². The molecule has 13 heteroatoms. The monoisotopic (exact) mass is 424 g/mol. The zero-order valence-electron chi connectivity index (χ0n) is 17.0. The van der Waals surface area contributed by atoms with Gasteiger partial charge in [0.1, 0.15) is 5.82 Å². The van der Waals surface area contributed by atoms with E-state index in [9.17, 15) is 19.5 Å². The number of carbonyl (C=O) groups is 2. The summed E-state index contributed by atoms with van der Waals surface area (Å²) in [6.07, 6.45) is -3.15. The minimum absolute atomic E-state index is 0.0591. The van der Waals surface area contributed by atoms with E-state index < -0.39 is 60.2 Å². The molecular weight excluding hydrogens is 400 g/mol. The molecule has 2 rings (SSSR count). The van der Waals surface area contributed by atoms with Gasteiger partial charge in [-0.3, -0.25) is 14.2 Å². The Balaban J connectivity index is 2.64. The second-order valence-electron chi connectivity index (χ2n) is 7.31. The van der Waals surface area contributed by atoms with Gasteiger partial charge in [-0.15, -0.1) is 0 Å². The molecule has 3 N–H and O–H groups in total. The zero-order valence-corrected chi connectivity index (χ0v) is 17.0.